The lowest BCUT2D eigenvalue weighted by molar-refractivity contribution is -0.116. The zero-order valence-electron chi connectivity index (χ0n) is 11.5. The van der Waals surface area contributed by atoms with Gasteiger partial charge in [-0.25, -0.2) is 10.6 Å². The van der Waals surface area contributed by atoms with Crippen LogP contribution in [0.4, 0.5) is 21.9 Å². The van der Waals surface area contributed by atoms with Gasteiger partial charge in [-0.3, -0.25) is 20.0 Å². The summed E-state index contributed by atoms with van der Waals surface area (Å²) in [7, 11) is 0. The Morgan fingerprint density at radius 2 is 1.73 bits per heavy atom. The number of benzene rings is 2. The number of carbonyl (C=O) groups excluding carboxylic acids is 2. The van der Waals surface area contributed by atoms with E-state index in [1.165, 1.54) is 4.90 Å². The number of halogens is 1. The Balaban J connectivity index is 2.10. The Kier molecular flexibility index (Phi) is 3.70. The monoisotopic (exact) mass is 316 g/mol. The predicted octanol–water partition coefficient (Wildman–Crippen LogP) is 2.41. The molecule has 1 heterocycles. The highest BCUT2D eigenvalue weighted by atomic mass is 35.5. The van der Waals surface area contributed by atoms with Crippen molar-refractivity contribution in [2.45, 2.75) is 0 Å². The number of nitrogens with zero attached hydrogens (tertiary/aromatic N) is 2. The standard InChI is InChI=1S/C15H13ClN4O2/c16-10-5-7-11(8-6-10)20-13-4-2-1-3-12(13)19(9-14(20)21)15(22)18-17/h1-8H,9,17H2,(H,18,22). The van der Waals surface area contributed by atoms with Gasteiger partial charge in [-0.1, -0.05) is 23.7 Å². The van der Waals surface area contributed by atoms with Gasteiger partial charge in [-0.2, -0.15) is 0 Å². The van der Waals surface area contributed by atoms with E-state index in [4.69, 9.17) is 17.4 Å². The third-order valence-corrected chi connectivity index (χ3v) is 3.66. The number of hydrogen-bond donors (Lipinski definition) is 2. The SMILES string of the molecule is NNC(=O)N1CC(=O)N(c2ccc(Cl)cc2)c2ccccc21. The molecule has 1 aliphatic rings. The minimum atomic E-state index is -0.531. The fourth-order valence-electron chi connectivity index (χ4n) is 2.44. The van der Waals surface area contributed by atoms with Crippen LogP contribution in [0.25, 0.3) is 0 Å². The number of anilines is 3. The Morgan fingerprint density at radius 3 is 2.36 bits per heavy atom. The highest BCUT2D eigenvalue weighted by molar-refractivity contribution is 6.30. The van der Waals surface area contributed by atoms with Crippen LogP contribution in [-0.4, -0.2) is 18.5 Å². The molecule has 0 aliphatic carbocycles. The first-order valence-electron chi connectivity index (χ1n) is 6.57. The molecular formula is C15H13ClN4O2. The Hall–Kier alpha value is -2.57. The van der Waals surface area contributed by atoms with E-state index in [1.807, 2.05) is 0 Å². The fourth-order valence-corrected chi connectivity index (χ4v) is 2.57. The number of nitrogens with two attached hydrogens (primary N) is 1. The number of hydrazine groups is 1. The molecule has 0 saturated carbocycles. The van der Waals surface area contributed by atoms with Crippen molar-refractivity contribution in [3.63, 3.8) is 0 Å². The first-order chi connectivity index (χ1) is 10.6. The van der Waals surface area contributed by atoms with E-state index >= 15 is 0 Å². The first-order valence-corrected chi connectivity index (χ1v) is 6.95. The van der Waals surface area contributed by atoms with Crippen molar-refractivity contribution in [3.05, 3.63) is 53.6 Å². The third kappa shape index (κ3) is 2.38. The maximum absolute atomic E-state index is 12.5. The van der Waals surface area contributed by atoms with Gasteiger partial charge in [0.25, 0.3) is 5.91 Å². The summed E-state index contributed by atoms with van der Waals surface area (Å²) in [5.41, 5.74) is 3.97. The summed E-state index contributed by atoms with van der Waals surface area (Å²) in [5.74, 6) is 4.96. The lowest BCUT2D eigenvalue weighted by Gasteiger charge is -2.35. The summed E-state index contributed by atoms with van der Waals surface area (Å²) >= 11 is 5.89. The summed E-state index contributed by atoms with van der Waals surface area (Å²) in [6.45, 7) is -0.0946. The number of amides is 3. The molecule has 6 nitrogen and oxygen atoms in total. The number of fused-ring (bicyclic) bond motifs is 1. The molecule has 1 aliphatic heterocycles. The van der Waals surface area contributed by atoms with Crippen LogP contribution in [-0.2, 0) is 4.79 Å². The molecule has 0 atom stereocenters. The van der Waals surface area contributed by atoms with Crippen LogP contribution in [0.1, 0.15) is 0 Å². The van der Waals surface area contributed by atoms with Gasteiger partial charge in [-0.15, -0.1) is 0 Å². The second-order valence-electron chi connectivity index (χ2n) is 4.73. The van der Waals surface area contributed by atoms with Crippen molar-refractivity contribution >= 4 is 40.6 Å². The van der Waals surface area contributed by atoms with Crippen molar-refractivity contribution in [2.75, 3.05) is 16.3 Å². The lowest BCUT2D eigenvalue weighted by Crippen LogP contribution is -2.51. The smallest absolute Gasteiger partial charge is 0.282 e. The number of hydrogen-bond acceptors (Lipinski definition) is 3. The highest BCUT2D eigenvalue weighted by Crippen LogP contribution is 2.38. The number of carbonyl (C=O) groups is 2. The largest absolute Gasteiger partial charge is 0.336 e. The number of urea groups is 1. The van der Waals surface area contributed by atoms with E-state index in [0.717, 1.165) is 0 Å². The Morgan fingerprint density at radius 1 is 1.09 bits per heavy atom. The summed E-state index contributed by atoms with van der Waals surface area (Å²) in [6, 6.07) is 13.6. The minimum Gasteiger partial charge on any atom is -0.282 e. The highest BCUT2D eigenvalue weighted by Gasteiger charge is 2.32. The van der Waals surface area contributed by atoms with Crippen LogP contribution in [0, 0.1) is 0 Å². The van der Waals surface area contributed by atoms with Gasteiger partial charge in [0.05, 0.1) is 11.4 Å². The van der Waals surface area contributed by atoms with Crippen LogP contribution in [0.2, 0.25) is 5.02 Å². The quantitative estimate of drug-likeness (QED) is 0.482. The minimum absolute atomic E-state index is 0.0946. The molecule has 0 bridgehead atoms. The van der Waals surface area contributed by atoms with E-state index in [0.29, 0.717) is 22.1 Å². The zero-order valence-corrected chi connectivity index (χ0v) is 12.2. The van der Waals surface area contributed by atoms with Crippen LogP contribution in [0.3, 0.4) is 0 Å². The molecule has 0 spiro atoms. The van der Waals surface area contributed by atoms with Gasteiger partial charge in [0.15, 0.2) is 0 Å². The summed E-state index contributed by atoms with van der Waals surface area (Å²) < 4.78 is 0. The van der Waals surface area contributed by atoms with Gasteiger partial charge in [0.1, 0.15) is 6.54 Å². The maximum Gasteiger partial charge on any atom is 0.336 e. The molecule has 0 unspecified atom stereocenters. The molecule has 7 heteroatoms. The molecule has 0 saturated heterocycles. The van der Waals surface area contributed by atoms with Gasteiger partial charge in [0.2, 0.25) is 0 Å². The second kappa shape index (κ2) is 5.67. The molecule has 0 aromatic heterocycles. The topological polar surface area (TPSA) is 78.7 Å². The Bertz CT molecular complexity index is 733. The van der Waals surface area contributed by atoms with Crippen LogP contribution < -0.4 is 21.1 Å². The number of para-hydroxylation sites is 2. The Labute approximate surface area is 132 Å². The number of nitrogens with one attached hydrogen (secondary N) is 1. The molecule has 3 amide bonds. The van der Waals surface area contributed by atoms with Crippen LogP contribution in [0.5, 0.6) is 0 Å². The van der Waals surface area contributed by atoms with E-state index in [1.54, 1.807) is 53.4 Å². The fraction of sp³-hybridized carbons (Fsp3) is 0.0667. The van der Waals surface area contributed by atoms with E-state index in [-0.39, 0.29) is 12.5 Å². The average molecular weight is 317 g/mol. The van der Waals surface area contributed by atoms with Crippen LogP contribution >= 0.6 is 11.6 Å². The molecule has 22 heavy (non-hydrogen) atoms. The number of rotatable bonds is 1. The van der Waals surface area contributed by atoms with Crippen molar-refractivity contribution in [1.82, 2.24) is 5.43 Å². The molecule has 0 fully saturated rings. The van der Waals surface area contributed by atoms with Gasteiger partial charge >= 0.3 is 6.03 Å². The predicted molar refractivity (Wildman–Crippen MR) is 85.1 cm³/mol. The van der Waals surface area contributed by atoms with E-state index in [2.05, 4.69) is 5.43 Å². The zero-order chi connectivity index (χ0) is 15.7. The van der Waals surface area contributed by atoms with E-state index < -0.39 is 6.03 Å². The average Bonchev–Trinajstić information content (AvgIpc) is 2.54. The van der Waals surface area contributed by atoms with Gasteiger partial charge in [0, 0.05) is 10.7 Å². The van der Waals surface area contributed by atoms with Gasteiger partial charge in [-0.05, 0) is 36.4 Å². The summed E-state index contributed by atoms with van der Waals surface area (Å²) in [4.78, 5) is 27.2. The summed E-state index contributed by atoms with van der Waals surface area (Å²) in [6.07, 6.45) is 0. The van der Waals surface area contributed by atoms with Crippen molar-refractivity contribution in [1.29, 1.82) is 0 Å². The molecular weight excluding hydrogens is 304 g/mol. The van der Waals surface area contributed by atoms with Crippen LogP contribution in [0.15, 0.2) is 48.5 Å². The van der Waals surface area contributed by atoms with E-state index in [9.17, 15) is 9.59 Å². The van der Waals surface area contributed by atoms with Crippen molar-refractivity contribution in [2.24, 2.45) is 5.84 Å². The van der Waals surface area contributed by atoms with Gasteiger partial charge < -0.3 is 0 Å². The molecule has 2 aromatic carbocycles. The van der Waals surface area contributed by atoms with Crippen molar-refractivity contribution < 1.29 is 9.59 Å². The molecule has 0 radical (unpaired) electrons. The third-order valence-electron chi connectivity index (χ3n) is 3.41. The first kappa shape index (κ1) is 14.4. The molecule has 3 rings (SSSR count). The second-order valence-corrected chi connectivity index (χ2v) is 5.17. The maximum atomic E-state index is 12.5. The normalized spacial score (nSPS) is 13.8. The molecule has 3 N–H and O–H groups in total. The lowest BCUT2D eigenvalue weighted by atomic mass is 10.1. The molecule has 112 valence electrons. The van der Waals surface area contributed by atoms with Crippen molar-refractivity contribution in [3.8, 4) is 0 Å². The summed E-state index contributed by atoms with van der Waals surface area (Å²) in [5, 5.41) is 0.589. The molecule has 2 aromatic rings.